The van der Waals surface area contributed by atoms with Crippen molar-refractivity contribution in [2.24, 2.45) is 0 Å². The van der Waals surface area contributed by atoms with Crippen LogP contribution in [0.4, 0.5) is 5.69 Å². The predicted octanol–water partition coefficient (Wildman–Crippen LogP) is 7.94. The highest BCUT2D eigenvalue weighted by Crippen LogP contribution is 2.31. The molecule has 1 atom stereocenters. The number of fused-ring (bicyclic) bond motifs is 1. The number of anilines is 1. The highest BCUT2D eigenvalue weighted by atomic mass is 16.5. The lowest BCUT2D eigenvalue weighted by molar-refractivity contribution is -0.123. The van der Waals surface area contributed by atoms with Gasteiger partial charge in [0, 0.05) is 16.8 Å². The first-order valence-corrected chi connectivity index (χ1v) is 13.8. The van der Waals surface area contributed by atoms with Gasteiger partial charge in [0.2, 0.25) is 0 Å². The molecule has 7 nitrogen and oxygen atoms in total. The second kappa shape index (κ2) is 12.4. The molecule has 1 heterocycles. The molecule has 43 heavy (non-hydrogen) atoms. The number of para-hydroxylation sites is 1. The van der Waals surface area contributed by atoms with Gasteiger partial charge in [0.15, 0.2) is 6.10 Å². The number of hydrogen-bond acceptors (Lipinski definition) is 6. The van der Waals surface area contributed by atoms with Gasteiger partial charge in [0.25, 0.3) is 5.91 Å². The largest absolute Gasteiger partial charge is 0.457 e. The number of esters is 1. The lowest BCUT2D eigenvalue weighted by Gasteiger charge is -2.14. The Kier molecular flexibility index (Phi) is 7.87. The molecular formula is C36H27N3O4. The van der Waals surface area contributed by atoms with E-state index in [2.05, 4.69) is 5.32 Å². The average Bonchev–Trinajstić information content (AvgIpc) is 3.06. The maximum Gasteiger partial charge on any atom is 0.338 e. The zero-order valence-corrected chi connectivity index (χ0v) is 23.3. The summed E-state index contributed by atoms with van der Waals surface area (Å²) in [6.45, 7) is 1.53. The lowest BCUT2D eigenvalue weighted by atomic mass is 10.0. The minimum Gasteiger partial charge on any atom is -0.457 e. The van der Waals surface area contributed by atoms with Crippen molar-refractivity contribution < 1.29 is 19.1 Å². The molecule has 7 heteroatoms. The average molecular weight is 566 g/mol. The van der Waals surface area contributed by atoms with Crippen LogP contribution >= 0.6 is 0 Å². The molecule has 5 aromatic carbocycles. The standard InChI is InChI=1S/C36H27N3O4/c1-24(35(40)37-28-18-20-30(21-19-28)43-29-15-9-4-10-16-29)42-36(41)27-17-22-31-32(23-27)39-34(26-13-7-3-8-14-26)33(38-31)25-11-5-2-6-12-25/h2-24H,1H3,(H,37,40). The topological polar surface area (TPSA) is 90.4 Å². The van der Waals surface area contributed by atoms with Gasteiger partial charge < -0.3 is 14.8 Å². The van der Waals surface area contributed by atoms with Crippen LogP contribution in [-0.2, 0) is 9.53 Å². The monoisotopic (exact) mass is 565 g/mol. The smallest absolute Gasteiger partial charge is 0.338 e. The van der Waals surface area contributed by atoms with Crippen molar-refractivity contribution in [3.63, 3.8) is 0 Å². The third-order valence-corrected chi connectivity index (χ3v) is 6.75. The first kappa shape index (κ1) is 27.4. The maximum absolute atomic E-state index is 13.1. The fraction of sp³-hybridized carbons (Fsp3) is 0.0556. The molecule has 0 spiro atoms. The number of rotatable bonds is 8. The Hall–Kier alpha value is -5.82. The van der Waals surface area contributed by atoms with E-state index < -0.39 is 18.0 Å². The number of carbonyl (C=O) groups excluding carboxylic acids is 2. The van der Waals surface area contributed by atoms with E-state index >= 15 is 0 Å². The lowest BCUT2D eigenvalue weighted by Crippen LogP contribution is -2.30. The molecule has 0 saturated carbocycles. The Balaban J connectivity index is 1.17. The van der Waals surface area contributed by atoms with Gasteiger partial charge in [-0.25, -0.2) is 14.8 Å². The number of nitrogens with zero attached hydrogens (tertiary/aromatic N) is 2. The minimum atomic E-state index is -1.03. The van der Waals surface area contributed by atoms with Crippen LogP contribution in [0.25, 0.3) is 33.5 Å². The van der Waals surface area contributed by atoms with Crippen LogP contribution in [0.3, 0.4) is 0 Å². The number of hydrogen-bond donors (Lipinski definition) is 1. The third-order valence-electron chi connectivity index (χ3n) is 6.75. The first-order valence-electron chi connectivity index (χ1n) is 13.8. The Morgan fingerprint density at radius 1 is 0.628 bits per heavy atom. The molecule has 0 radical (unpaired) electrons. The fourth-order valence-corrected chi connectivity index (χ4v) is 4.53. The van der Waals surface area contributed by atoms with Crippen LogP contribution in [-0.4, -0.2) is 27.9 Å². The van der Waals surface area contributed by atoms with E-state index in [1.807, 2.05) is 91.0 Å². The van der Waals surface area contributed by atoms with Gasteiger partial charge in [-0.2, -0.15) is 0 Å². The summed E-state index contributed by atoms with van der Waals surface area (Å²) in [4.78, 5) is 35.7. The Morgan fingerprint density at radius 2 is 1.16 bits per heavy atom. The van der Waals surface area contributed by atoms with Crippen molar-refractivity contribution >= 4 is 28.6 Å². The molecule has 1 N–H and O–H groups in total. The van der Waals surface area contributed by atoms with E-state index in [1.165, 1.54) is 6.92 Å². The van der Waals surface area contributed by atoms with Crippen molar-refractivity contribution in [3.05, 3.63) is 139 Å². The van der Waals surface area contributed by atoms with Gasteiger partial charge in [-0.1, -0.05) is 78.9 Å². The van der Waals surface area contributed by atoms with Crippen LogP contribution in [0.5, 0.6) is 11.5 Å². The van der Waals surface area contributed by atoms with Gasteiger partial charge in [-0.3, -0.25) is 4.79 Å². The highest BCUT2D eigenvalue weighted by molar-refractivity contribution is 5.99. The molecule has 0 aliphatic rings. The van der Waals surface area contributed by atoms with Crippen LogP contribution in [0, 0.1) is 0 Å². The second-order valence-corrected chi connectivity index (χ2v) is 9.83. The Labute approximate surface area is 248 Å². The molecule has 0 fully saturated rings. The highest BCUT2D eigenvalue weighted by Gasteiger charge is 2.20. The zero-order valence-electron chi connectivity index (χ0n) is 23.3. The molecule has 1 amide bonds. The summed E-state index contributed by atoms with van der Waals surface area (Å²) in [6, 6.07) is 41.0. The summed E-state index contributed by atoms with van der Waals surface area (Å²) in [7, 11) is 0. The van der Waals surface area contributed by atoms with E-state index in [-0.39, 0.29) is 5.56 Å². The molecule has 6 aromatic rings. The van der Waals surface area contributed by atoms with Crippen LogP contribution in [0.1, 0.15) is 17.3 Å². The number of benzene rings is 5. The first-order chi connectivity index (χ1) is 21.0. The van der Waals surface area contributed by atoms with Crippen LogP contribution in [0.15, 0.2) is 133 Å². The summed E-state index contributed by atoms with van der Waals surface area (Å²) in [5.74, 6) is 0.262. The number of nitrogens with one attached hydrogen (secondary N) is 1. The molecular weight excluding hydrogens is 538 g/mol. The van der Waals surface area contributed by atoms with E-state index in [9.17, 15) is 9.59 Å². The normalized spacial score (nSPS) is 11.5. The second-order valence-electron chi connectivity index (χ2n) is 9.83. The summed E-state index contributed by atoms with van der Waals surface area (Å²) in [5, 5.41) is 2.77. The van der Waals surface area contributed by atoms with E-state index in [0.717, 1.165) is 16.8 Å². The molecule has 1 aromatic heterocycles. The Morgan fingerprint density at radius 3 is 1.77 bits per heavy atom. The predicted molar refractivity (Wildman–Crippen MR) is 167 cm³/mol. The molecule has 0 aliphatic heterocycles. The van der Waals surface area contributed by atoms with Crippen molar-refractivity contribution in [1.29, 1.82) is 0 Å². The summed E-state index contributed by atoms with van der Waals surface area (Å²) >= 11 is 0. The minimum absolute atomic E-state index is 0.273. The van der Waals surface area contributed by atoms with Crippen LogP contribution < -0.4 is 10.1 Å². The molecule has 0 aliphatic carbocycles. The summed E-state index contributed by atoms with van der Waals surface area (Å²) in [6.07, 6.45) is -1.03. The Bertz CT molecular complexity index is 1880. The molecule has 6 rings (SSSR count). The SMILES string of the molecule is CC(OC(=O)c1ccc2nc(-c3ccccc3)c(-c3ccccc3)nc2c1)C(=O)Nc1ccc(Oc2ccccc2)cc1. The van der Waals surface area contributed by atoms with E-state index in [0.29, 0.717) is 33.9 Å². The molecule has 0 bridgehead atoms. The quantitative estimate of drug-likeness (QED) is 0.188. The third kappa shape index (κ3) is 6.41. The van der Waals surface area contributed by atoms with Gasteiger partial charge in [-0.05, 0) is 61.5 Å². The number of carbonyl (C=O) groups is 2. The molecule has 1 unspecified atom stereocenters. The molecule has 0 saturated heterocycles. The van der Waals surface area contributed by atoms with Crippen molar-refractivity contribution in [2.45, 2.75) is 13.0 Å². The maximum atomic E-state index is 13.1. The van der Waals surface area contributed by atoms with Crippen molar-refractivity contribution in [3.8, 4) is 34.0 Å². The number of ether oxygens (including phenoxy) is 2. The summed E-state index contributed by atoms with van der Waals surface area (Å²) < 4.78 is 11.3. The molecule has 210 valence electrons. The number of amides is 1. The van der Waals surface area contributed by atoms with E-state index in [4.69, 9.17) is 19.4 Å². The zero-order chi connectivity index (χ0) is 29.6. The van der Waals surface area contributed by atoms with Gasteiger partial charge in [0.05, 0.1) is 28.0 Å². The van der Waals surface area contributed by atoms with Gasteiger partial charge in [0.1, 0.15) is 11.5 Å². The van der Waals surface area contributed by atoms with Crippen molar-refractivity contribution in [2.75, 3.05) is 5.32 Å². The summed E-state index contributed by atoms with van der Waals surface area (Å²) in [5.41, 5.74) is 5.32. The van der Waals surface area contributed by atoms with E-state index in [1.54, 1.807) is 42.5 Å². The number of aromatic nitrogens is 2. The van der Waals surface area contributed by atoms with Crippen LogP contribution in [0.2, 0.25) is 0 Å². The van der Waals surface area contributed by atoms with Gasteiger partial charge in [-0.15, -0.1) is 0 Å². The van der Waals surface area contributed by atoms with Gasteiger partial charge >= 0.3 is 5.97 Å². The van der Waals surface area contributed by atoms with Crippen molar-refractivity contribution in [1.82, 2.24) is 9.97 Å². The fourth-order valence-electron chi connectivity index (χ4n) is 4.53.